The molecule has 0 saturated carbocycles. The molecule has 0 fully saturated rings. The number of para-hydroxylation sites is 2. The molecule has 2 aromatic carbocycles. The largest absolute Gasteiger partial charge is 0.493 e. The van der Waals surface area contributed by atoms with Gasteiger partial charge in [0.15, 0.2) is 11.5 Å². The summed E-state index contributed by atoms with van der Waals surface area (Å²) in [6, 6.07) is 14.0. The Morgan fingerprint density at radius 3 is 2.62 bits per heavy atom. The number of carbonyl (C=O) groups is 2. The lowest BCUT2D eigenvalue weighted by Gasteiger charge is -2.29. The Hall–Kier alpha value is -4.11. The number of aromatic carboxylic acids is 1. The monoisotopic (exact) mass is 447 g/mol. The van der Waals surface area contributed by atoms with Crippen LogP contribution in [0, 0.1) is 6.92 Å². The number of ether oxygens (including phenoxy) is 2. The molecule has 0 atom stereocenters. The van der Waals surface area contributed by atoms with Crippen molar-refractivity contribution in [3.63, 3.8) is 0 Å². The van der Waals surface area contributed by atoms with Crippen LogP contribution in [0.15, 0.2) is 54.7 Å². The van der Waals surface area contributed by atoms with E-state index in [1.54, 1.807) is 31.5 Å². The maximum absolute atomic E-state index is 13.0. The van der Waals surface area contributed by atoms with Crippen molar-refractivity contribution in [2.75, 3.05) is 17.3 Å². The molecule has 4 aromatic rings. The minimum absolute atomic E-state index is 0.0604. The number of pyridine rings is 1. The van der Waals surface area contributed by atoms with E-state index >= 15 is 0 Å². The van der Waals surface area contributed by atoms with Crippen LogP contribution in [0.1, 0.15) is 15.2 Å². The maximum Gasteiger partial charge on any atom is 0.348 e. The SMILES string of the molecule is COc1ccccc1Oc1ccc(N2C(=O)Nc3c(C(=O)O)sc4nccc2c34)c(C)c1. The van der Waals surface area contributed by atoms with Crippen LogP contribution in [0.25, 0.3) is 10.2 Å². The molecule has 0 bridgehead atoms. The molecule has 0 spiro atoms. The average molecular weight is 447 g/mol. The Morgan fingerprint density at radius 2 is 1.91 bits per heavy atom. The standard InChI is InChI=1S/C23H17N3O5S/c1-12-11-13(31-17-6-4-3-5-16(17)30-2)7-8-14(12)26-15-9-10-24-21-18(15)19(25-23(26)29)20(32-21)22(27)28/h3-11H,1-2H3,(H,25,29)(H,27,28). The summed E-state index contributed by atoms with van der Waals surface area (Å²) in [6.45, 7) is 1.88. The van der Waals surface area contributed by atoms with Crippen LogP contribution >= 0.6 is 11.3 Å². The molecule has 2 amide bonds. The number of methoxy groups -OCH3 is 1. The topological polar surface area (TPSA) is 101 Å². The van der Waals surface area contributed by atoms with Gasteiger partial charge < -0.3 is 19.9 Å². The van der Waals surface area contributed by atoms with Gasteiger partial charge in [-0.15, -0.1) is 11.3 Å². The van der Waals surface area contributed by atoms with Crippen molar-refractivity contribution in [3.05, 3.63) is 65.2 Å². The molecule has 0 radical (unpaired) electrons. The number of carboxylic acids is 1. The second-order valence-electron chi connectivity index (χ2n) is 7.09. The molecule has 0 unspecified atom stereocenters. The van der Waals surface area contributed by atoms with Crippen molar-refractivity contribution in [1.82, 2.24) is 4.98 Å². The van der Waals surface area contributed by atoms with Gasteiger partial charge in [0.2, 0.25) is 0 Å². The third-order valence-electron chi connectivity index (χ3n) is 5.15. The molecular weight excluding hydrogens is 430 g/mol. The molecule has 9 heteroatoms. The second kappa shape index (κ2) is 7.54. The van der Waals surface area contributed by atoms with E-state index in [0.717, 1.165) is 16.9 Å². The second-order valence-corrected chi connectivity index (χ2v) is 8.09. The number of rotatable bonds is 5. The highest BCUT2D eigenvalue weighted by molar-refractivity contribution is 7.21. The van der Waals surface area contributed by atoms with Gasteiger partial charge in [0, 0.05) is 6.20 Å². The number of hydrogen-bond acceptors (Lipinski definition) is 6. The molecular formula is C23H17N3O5S. The van der Waals surface area contributed by atoms with Crippen molar-refractivity contribution >= 4 is 50.6 Å². The summed E-state index contributed by atoms with van der Waals surface area (Å²) in [5.41, 5.74) is 2.32. The van der Waals surface area contributed by atoms with Crippen molar-refractivity contribution in [2.45, 2.75) is 6.92 Å². The highest BCUT2D eigenvalue weighted by Crippen LogP contribution is 2.46. The Morgan fingerprint density at radius 1 is 1.12 bits per heavy atom. The predicted molar refractivity (Wildman–Crippen MR) is 122 cm³/mol. The molecule has 0 saturated heterocycles. The van der Waals surface area contributed by atoms with Gasteiger partial charge in [-0.3, -0.25) is 4.90 Å². The third-order valence-corrected chi connectivity index (χ3v) is 6.23. The number of urea groups is 1. The fourth-order valence-corrected chi connectivity index (χ4v) is 4.70. The molecule has 160 valence electrons. The summed E-state index contributed by atoms with van der Waals surface area (Å²) in [6.07, 6.45) is 1.57. The molecule has 1 aliphatic heterocycles. The van der Waals surface area contributed by atoms with Crippen LogP contribution in [-0.4, -0.2) is 29.2 Å². The quantitative estimate of drug-likeness (QED) is 0.402. The van der Waals surface area contributed by atoms with Gasteiger partial charge in [0.1, 0.15) is 15.5 Å². The maximum atomic E-state index is 13.0. The number of aromatic nitrogens is 1. The van der Waals surface area contributed by atoms with Crippen LogP contribution in [0.3, 0.4) is 0 Å². The van der Waals surface area contributed by atoms with Crippen LogP contribution < -0.4 is 19.7 Å². The zero-order valence-electron chi connectivity index (χ0n) is 17.1. The number of nitrogens with zero attached hydrogens (tertiary/aromatic N) is 2. The van der Waals surface area contributed by atoms with Gasteiger partial charge in [-0.1, -0.05) is 12.1 Å². The summed E-state index contributed by atoms with van der Waals surface area (Å²) in [4.78, 5) is 31.1. The van der Waals surface area contributed by atoms with Crippen LogP contribution in [0.5, 0.6) is 17.2 Å². The fraction of sp³-hybridized carbons (Fsp3) is 0.0870. The van der Waals surface area contributed by atoms with E-state index in [2.05, 4.69) is 10.3 Å². The van der Waals surface area contributed by atoms with E-state index in [1.807, 2.05) is 37.3 Å². The zero-order valence-corrected chi connectivity index (χ0v) is 17.9. The first-order valence-corrected chi connectivity index (χ1v) is 10.5. The summed E-state index contributed by atoms with van der Waals surface area (Å²) < 4.78 is 11.3. The number of anilines is 3. The third kappa shape index (κ3) is 3.10. The van der Waals surface area contributed by atoms with Crippen LogP contribution in [0.2, 0.25) is 0 Å². The molecule has 8 nitrogen and oxygen atoms in total. The van der Waals surface area contributed by atoms with E-state index in [0.29, 0.717) is 38.8 Å². The molecule has 2 aromatic heterocycles. The number of amides is 2. The number of thiophene rings is 1. The van der Waals surface area contributed by atoms with Crippen molar-refractivity contribution < 1.29 is 24.2 Å². The first-order valence-electron chi connectivity index (χ1n) is 9.65. The first-order chi connectivity index (χ1) is 15.5. The van der Waals surface area contributed by atoms with Crippen molar-refractivity contribution in [3.8, 4) is 17.2 Å². The highest BCUT2D eigenvalue weighted by atomic mass is 32.1. The number of hydrogen-bond donors (Lipinski definition) is 2. The minimum atomic E-state index is -1.10. The van der Waals surface area contributed by atoms with E-state index < -0.39 is 12.0 Å². The Balaban J connectivity index is 1.56. The lowest BCUT2D eigenvalue weighted by molar-refractivity contribution is 0.0703. The molecule has 32 heavy (non-hydrogen) atoms. The zero-order chi connectivity index (χ0) is 22.4. The van der Waals surface area contributed by atoms with Crippen molar-refractivity contribution in [1.29, 1.82) is 0 Å². The minimum Gasteiger partial charge on any atom is -0.493 e. The smallest absolute Gasteiger partial charge is 0.348 e. The van der Waals surface area contributed by atoms with Gasteiger partial charge in [-0.2, -0.15) is 0 Å². The fourth-order valence-electron chi connectivity index (χ4n) is 3.75. The molecule has 2 N–H and O–H groups in total. The summed E-state index contributed by atoms with van der Waals surface area (Å²) in [7, 11) is 1.58. The highest BCUT2D eigenvalue weighted by Gasteiger charge is 2.33. The Kier molecular flexibility index (Phi) is 4.67. The van der Waals surface area contributed by atoms with Gasteiger partial charge in [0.05, 0.1) is 29.6 Å². The van der Waals surface area contributed by atoms with Gasteiger partial charge in [-0.05, 0) is 48.9 Å². The average Bonchev–Trinajstić information content (AvgIpc) is 3.15. The molecule has 1 aliphatic rings. The predicted octanol–water partition coefficient (Wildman–Crippen LogP) is 5.79. The van der Waals surface area contributed by atoms with Gasteiger partial charge >= 0.3 is 12.0 Å². The first kappa shape index (κ1) is 19.8. The number of carboxylic acid groups (broad SMARTS) is 1. The van der Waals surface area contributed by atoms with E-state index in [9.17, 15) is 14.7 Å². The lowest BCUT2D eigenvalue weighted by atomic mass is 10.1. The number of aryl methyl sites for hydroxylation is 1. The lowest BCUT2D eigenvalue weighted by Crippen LogP contribution is -2.34. The van der Waals surface area contributed by atoms with Crippen molar-refractivity contribution in [2.24, 2.45) is 0 Å². The Labute approximate surface area is 186 Å². The molecule has 3 heterocycles. The number of benzene rings is 2. The van der Waals surface area contributed by atoms with E-state index in [4.69, 9.17) is 9.47 Å². The number of nitrogens with one attached hydrogen (secondary N) is 1. The summed E-state index contributed by atoms with van der Waals surface area (Å²) in [5.74, 6) is 0.690. The van der Waals surface area contributed by atoms with Gasteiger partial charge in [0.25, 0.3) is 0 Å². The summed E-state index contributed by atoms with van der Waals surface area (Å²) in [5, 5.41) is 12.9. The van der Waals surface area contributed by atoms with Gasteiger partial charge in [-0.25, -0.2) is 14.6 Å². The van der Waals surface area contributed by atoms with E-state index in [-0.39, 0.29) is 10.6 Å². The van der Waals surface area contributed by atoms with Crippen LogP contribution in [0.4, 0.5) is 21.9 Å². The molecule has 0 aliphatic carbocycles. The van der Waals surface area contributed by atoms with Crippen LogP contribution in [-0.2, 0) is 0 Å². The molecule has 5 rings (SSSR count). The number of carbonyl (C=O) groups excluding carboxylic acids is 1. The van der Waals surface area contributed by atoms with E-state index in [1.165, 1.54) is 4.90 Å². The Bertz CT molecular complexity index is 1400. The normalized spacial score (nSPS) is 12.6. The summed E-state index contributed by atoms with van der Waals surface area (Å²) >= 11 is 1.04.